The summed E-state index contributed by atoms with van der Waals surface area (Å²) in [5.41, 5.74) is 2.13. The molecule has 2 amide bonds. The topological polar surface area (TPSA) is 109 Å². The Hall–Kier alpha value is -3.29. The summed E-state index contributed by atoms with van der Waals surface area (Å²) in [5, 5.41) is 12.0. The first-order valence-corrected chi connectivity index (χ1v) is 9.40. The lowest BCUT2D eigenvalue weighted by Crippen LogP contribution is -2.45. The lowest BCUT2D eigenvalue weighted by Gasteiger charge is -2.39. The van der Waals surface area contributed by atoms with Crippen LogP contribution in [0.5, 0.6) is 0 Å². The molecule has 3 rings (SSSR count). The predicted molar refractivity (Wildman–Crippen MR) is 106 cm³/mol. The van der Waals surface area contributed by atoms with E-state index in [1.165, 1.54) is 19.3 Å². The van der Waals surface area contributed by atoms with Crippen LogP contribution in [0.15, 0.2) is 34.9 Å². The van der Waals surface area contributed by atoms with E-state index >= 15 is 0 Å². The van der Waals surface area contributed by atoms with Crippen LogP contribution in [0.4, 0.5) is 10.5 Å². The normalized spacial score (nSPS) is 18.3. The van der Waals surface area contributed by atoms with Gasteiger partial charge in [-0.15, -0.1) is 0 Å². The Labute approximate surface area is 168 Å². The molecule has 2 heterocycles. The molecule has 8 heteroatoms. The van der Waals surface area contributed by atoms with Gasteiger partial charge in [0.15, 0.2) is 0 Å². The van der Waals surface area contributed by atoms with Gasteiger partial charge in [-0.05, 0) is 57.0 Å². The number of fused-ring (bicyclic) bond motifs is 1. The largest absolute Gasteiger partial charge is 0.478 e. The summed E-state index contributed by atoms with van der Waals surface area (Å²) in [6.45, 7) is 6.96. The minimum Gasteiger partial charge on any atom is -0.478 e. The number of hydrogen-bond donors (Lipinski definition) is 2. The van der Waals surface area contributed by atoms with Crippen molar-refractivity contribution in [2.75, 3.05) is 4.90 Å². The molecule has 2 aromatic rings. The SMILES string of the molecule is CC(=O)N1c2ccc(-c3cc(C(=O)O)co3)cc2C(NC(=O)OC(C)C)C[C@H]1C. The number of nitrogens with one attached hydrogen (secondary N) is 1. The third-order valence-electron chi connectivity index (χ3n) is 4.79. The first-order chi connectivity index (χ1) is 13.7. The third kappa shape index (κ3) is 4.26. The van der Waals surface area contributed by atoms with Gasteiger partial charge in [0.05, 0.1) is 17.7 Å². The number of ether oxygens (including phenoxy) is 1. The molecule has 0 spiro atoms. The molecule has 8 nitrogen and oxygen atoms in total. The van der Waals surface area contributed by atoms with Gasteiger partial charge in [0.25, 0.3) is 0 Å². The van der Waals surface area contributed by atoms with Crippen LogP contribution in [0.1, 0.15) is 56.1 Å². The number of rotatable bonds is 4. The van der Waals surface area contributed by atoms with E-state index in [1.54, 1.807) is 30.9 Å². The fourth-order valence-corrected chi connectivity index (χ4v) is 3.62. The second kappa shape index (κ2) is 7.98. The highest BCUT2D eigenvalue weighted by Gasteiger charge is 2.34. The maximum atomic E-state index is 12.2. The number of carboxylic acid groups (broad SMARTS) is 1. The van der Waals surface area contributed by atoms with E-state index < -0.39 is 12.1 Å². The zero-order valence-electron chi connectivity index (χ0n) is 16.8. The Morgan fingerprint density at radius 3 is 2.59 bits per heavy atom. The van der Waals surface area contributed by atoms with Gasteiger partial charge < -0.3 is 24.5 Å². The Morgan fingerprint density at radius 2 is 2.00 bits per heavy atom. The molecule has 2 atom stereocenters. The van der Waals surface area contributed by atoms with Crippen LogP contribution in [-0.4, -0.2) is 35.2 Å². The molecule has 1 aliphatic heterocycles. The summed E-state index contributed by atoms with van der Waals surface area (Å²) >= 11 is 0. The summed E-state index contributed by atoms with van der Waals surface area (Å²) in [7, 11) is 0. The van der Waals surface area contributed by atoms with Crippen LogP contribution in [0, 0.1) is 0 Å². The molecule has 0 aliphatic carbocycles. The first kappa shape index (κ1) is 20.4. The van der Waals surface area contributed by atoms with Crippen molar-refractivity contribution in [3.8, 4) is 11.3 Å². The highest BCUT2D eigenvalue weighted by molar-refractivity contribution is 5.94. The van der Waals surface area contributed by atoms with E-state index in [-0.39, 0.29) is 29.7 Å². The van der Waals surface area contributed by atoms with E-state index in [0.29, 0.717) is 23.4 Å². The predicted octanol–water partition coefficient (Wildman–Crippen LogP) is 3.97. The molecule has 1 unspecified atom stereocenters. The van der Waals surface area contributed by atoms with E-state index in [9.17, 15) is 14.4 Å². The molecule has 2 N–H and O–H groups in total. The molecule has 0 bridgehead atoms. The van der Waals surface area contributed by atoms with Gasteiger partial charge in [-0.1, -0.05) is 0 Å². The van der Waals surface area contributed by atoms with Crippen molar-refractivity contribution in [1.29, 1.82) is 0 Å². The Balaban J connectivity index is 2.02. The number of carbonyl (C=O) groups excluding carboxylic acids is 2. The average Bonchev–Trinajstić information content (AvgIpc) is 3.10. The minimum atomic E-state index is -1.08. The number of carboxylic acids is 1. The van der Waals surface area contributed by atoms with Crippen molar-refractivity contribution in [2.24, 2.45) is 0 Å². The van der Waals surface area contributed by atoms with Gasteiger partial charge in [0.1, 0.15) is 12.0 Å². The van der Waals surface area contributed by atoms with Gasteiger partial charge in [0.2, 0.25) is 5.91 Å². The fourth-order valence-electron chi connectivity index (χ4n) is 3.62. The number of anilines is 1. The minimum absolute atomic E-state index is 0.0480. The third-order valence-corrected chi connectivity index (χ3v) is 4.79. The second-order valence-electron chi connectivity index (χ2n) is 7.40. The van der Waals surface area contributed by atoms with Crippen molar-refractivity contribution in [2.45, 2.75) is 52.3 Å². The molecular weight excluding hydrogens is 376 g/mol. The lowest BCUT2D eigenvalue weighted by atomic mass is 9.90. The number of hydrogen-bond acceptors (Lipinski definition) is 5. The summed E-state index contributed by atoms with van der Waals surface area (Å²) < 4.78 is 10.6. The van der Waals surface area contributed by atoms with Gasteiger partial charge in [-0.3, -0.25) is 4.79 Å². The average molecular weight is 400 g/mol. The zero-order valence-corrected chi connectivity index (χ0v) is 16.8. The monoisotopic (exact) mass is 400 g/mol. The smallest absolute Gasteiger partial charge is 0.407 e. The van der Waals surface area contributed by atoms with E-state index in [2.05, 4.69) is 5.32 Å². The molecule has 1 aromatic carbocycles. The molecule has 0 saturated carbocycles. The summed E-state index contributed by atoms with van der Waals surface area (Å²) in [6.07, 6.45) is 0.905. The second-order valence-corrected chi connectivity index (χ2v) is 7.40. The van der Waals surface area contributed by atoms with Gasteiger partial charge in [0, 0.05) is 24.2 Å². The number of amides is 2. The highest BCUT2D eigenvalue weighted by Crippen LogP contribution is 2.40. The standard InChI is InChI=1S/C21H24N2O6/c1-11(2)29-21(27)22-17-7-12(3)23(13(4)24)18-6-5-14(8-16(17)18)19-9-15(10-28-19)20(25)26/h5-6,8-12,17H,7H2,1-4H3,(H,22,27)(H,25,26)/t12-,17?/m1/s1. The van der Waals surface area contributed by atoms with Crippen molar-refractivity contribution >= 4 is 23.7 Å². The number of alkyl carbamates (subject to hydrolysis) is 1. The van der Waals surface area contributed by atoms with Crippen LogP contribution in [0.3, 0.4) is 0 Å². The summed E-state index contributed by atoms with van der Waals surface area (Å²) in [5.74, 6) is -0.784. The molecule has 1 aliphatic rings. The molecule has 1 aromatic heterocycles. The first-order valence-electron chi connectivity index (χ1n) is 9.40. The molecule has 0 radical (unpaired) electrons. The number of carbonyl (C=O) groups is 3. The Morgan fingerprint density at radius 1 is 1.28 bits per heavy atom. The van der Waals surface area contributed by atoms with E-state index in [0.717, 1.165) is 5.56 Å². The maximum Gasteiger partial charge on any atom is 0.407 e. The van der Waals surface area contributed by atoms with Crippen molar-refractivity contribution in [1.82, 2.24) is 5.32 Å². The fraction of sp³-hybridized carbons (Fsp3) is 0.381. The van der Waals surface area contributed by atoms with Crippen LogP contribution >= 0.6 is 0 Å². The highest BCUT2D eigenvalue weighted by atomic mass is 16.6. The molecule has 0 fully saturated rings. The van der Waals surface area contributed by atoms with Gasteiger partial charge in [-0.2, -0.15) is 0 Å². The zero-order chi connectivity index (χ0) is 21.3. The van der Waals surface area contributed by atoms with Crippen molar-refractivity contribution in [3.05, 3.63) is 41.7 Å². The van der Waals surface area contributed by atoms with Crippen LogP contribution < -0.4 is 10.2 Å². The van der Waals surface area contributed by atoms with E-state index in [1.807, 2.05) is 13.0 Å². The Bertz CT molecular complexity index is 948. The van der Waals surface area contributed by atoms with Crippen LogP contribution in [-0.2, 0) is 9.53 Å². The van der Waals surface area contributed by atoms with Crippen LogP contribution in [0.2, 0.25) is 0 Å². The van der Waals surface area contributed by atoms with Crippen molar-refractivity contribution in [3.63, 3.8) is 0 Å². The van der Waals surface area contributed by atoms with Crippen LogP contribution in [0.25, 0.3) is 11.3 Å². The maximum absolute atomic E-state index is 12.2. The summed E-state index contributed by atoms with van der Waals surface area (Å²) in [6, 6.07) is 6.32. The van der Waals surface area contributed by atoms with E-state index in [4.69, 9.17) is 14.3 Å². The lowest BCUT2D eigenvalue weighted by molar-refractivity contribution is -0.117. The quantitative estimate of drug-likeness (QED) is 0.804. The molecular formula is C21H24N2O6. The summed E-state index contributed by atoms with van der Waals surface area (Å²) in [4.78, 5) is 37.2. The number of nitrogens with zero attached hydrogens (tertiary/aromatic N) is 1. The number of aromatic carboxylic acids is 1. The number of furan rings is 1. The number of benzene rings is 1. The molecule has 154 valence electrons. The Kier molecular flexibility index (Phi) is 5.63. The molecule has 0 saturated heterocycles. The molecule has 29 heavy (non-hydrogen) atoms. The van der Waals surface area contributed by atoms with Gasteiger partial charge in [-0.25, -0.2) is 9.59 Å². The van der Waals surface area contributed by atoms with Crippen molar-refractivity contribution < 1.29 is 28.6 Å². The van der Waals surface area contributed by atoms with Gasteiger partial charge >= 0.3 is 12.1 Å².